The minimum atomic E-state index is -0.317. The maximum atomic E-state index is 12.6. The highest BCUT2D eigenvalue weighted by Gasteiger charge is 2.20. The standard InChI is InChI=1S/C22H24N4O2/c1-15(17-10-6-4-7-11-17)23-21(27)19-14-20(26(3)25-19)22(28)24-16(2)18-12-8-5-9-13-18/h4-16H,1-3H3,(H,23,27)(H,24,28)/t15-,16+/m0/s1. The van der Waals surface area contributed by atoms with Crippen molar-refractivity contribution in [2.24, 2.45) is 7.05 Å². The molecule has 0 aliphatic rings. The van der Waals surface area contributed by atoms with Gasteiger partial charge in [0, 0.05) is 13.1 Å². The molecule has 0 aliphatic heterocycles. The van der Waals surface area contributed by atoms with E-state index in [0.717, 1.165) is 11.1 Å². The van der Waals surface area contributed by atoms with Crippen molar-refractivity contribution in [1.29, 1.82) is 0 Å². The fraction of sp³-hybridized carbons (Fsp3) is 0.227. The van der Waals surface area contributed by atoms with E-state index in [0.29, 0.717) is 5.69 Å². The van der Waals surface area contributed by atoms with Crippen LogP contribution in [0.4, 0.5) is 0 Å². The molecular formula is C22H24N4O2. The van der Waals surface area contributed by atoms with Crippen LogP contribution >= 0.6 is 0 Å². The average Bonchev–Trinajstić information content (AvgIpc) is 3.11. The van der Waals surface area contributed by atoms with Gasteiger partial charge in [-0.05, 0) is 25.0 Å². The Balaban J connectivity index is 1.68. The number of aromatic nitrogens is 2. The molecule has 3 rings (SSSR count). The second-order valence-electron chi connectivity index (χ2n) is 6.75. The van der Waals surface area contributed by atoms with E-state index in [2.05, 4.69) is 15.7 Å². The summed E-state index contributed by atoms with van der Waals surface area (Å²) in [7, 11) is 1.65. The van der Waals surface area contributed by atoms with Crippen molar-refractivity contribution >= 4 is 11.8 Å². The molecule has 0 radical (unpaired) electrons. The largest absolute Gasteiger partial charge is 0.344 e. The highest BCUT2D eigenvalue weighted by molar-refractivity contribution is 5.98. The number of aryl methyl sites for hydroxylation is 1. The summed E-state index contributed by atoms with van der Waals surface area (Å²) >= 11 is 0. The van der Waals surface area contributed by atoms with E-state index in [1.807, 2.05) is 74.5 Å². The van der Waals surface area contributed by atoms with E-state index >= 15 is 0 Å². The molecule has 28 heavy (non-hydrogen) atoms. The Labute approximate surface area is 164 Å². The van der Waals surface area contributed by atoms with Crippen molar-refractivity contribution in [1.82, 2.24) is 20.4 Å². The van der Waals surface area contributed by atoms with E-state index in [4.69, 9.17) is 0 Å². The minimum absolute atomic E-state index is 0.154. The molecule has 1 heterocycles. The molecular weight excluding hydrogens is 352 g/mol. The van der Waals surface area contributed by atoms with Gasteiger partial charge < -0.3 is 10.6 Å². The Hall–Kier alpha value is -3.41. The Morgan fingerprint density at radius 1 is 0.821 bits per heavy atom. The molecule has 6 nitrogen and oxygen atoms in total. The average molecular weight is 376 g/mol. The van der Waals surface area contributed by atoms with Crippen LogP contribution in [-0.2, 0) is 7.05 Å². The Morgan fingerprint density at radius 2 is 1.29 bits per heavy atom. The van der Waals surface area contributed by atoms with Crippen LogP contribution in [0, 0.1) is 0 Å². The van der Waals surface area contributed by atoms with Crippen LogP contribution in [0.25, 0.3) is 0 Å². The summed E-state index contributed by atoms with van der Waals surface area (Å²) in [6, 6.07) is 20.6. The number of nitrogens with one attached hydrogen (secondary N) is 2. The quantitative estimate of drug-likeness (QED) is 0.692. The predicted octanol–water partition coefficient (Wildman–Crippen LogP) is 3.40. The molecule has 2 amide bonds. The molecule has 0 aliphatic carbocycles. The van der Waals surface area contributed by atoms with Crippen molar-refractivity contribution in [3.05, 3.63) is 89.2 Å². The maximum Gasteiger partial charge on any atom is 0.272 e. The van der Waals surface area contributed by atoms with Gasteiger partial charge >= 0.3 is 0 Å². The Morgan fingerprint density at radius 3 is 1.79 bits per heavy atom. The number of carbonyl (C=O) groups is 2. The van der Waals surface area contributed by atoms with Crippen molar-refractivity contribution in [2.45, 2.75) is 25.9 Å². The lowest BCUT2D eigenvalue weighted by atomic mass is 10.1. The number of rotatable bonds is 6. The first-order valence-corrected chi connectivity index (χ1v) is 9.21. The SMILES string of the molecule is C[C@H](NC(=O)c1cc(C(=O)N[C@H](C)c2ccccc2)n(C)n1)c1ccccc1. The molecule has 0 bridgehead atoms. The normalized spacial score (nSPS) is 12.8. The summed E-state index contributed by atoms with van der Waals surface area (Å²) in [5, 5.41) is 10.1. The van der Waals surface area contributed by atoms with Gasteiger partial charge in [-0.15, -0.1) is 0 Å². The first-order valence-electron chi connectivity index (χ1n) is 9.21. The molecule has 0 spiro atoms. The fourth-order valence-corrected chi connectivity index (χ4v) is 2.98. The van der Waals surface area contributed by atoms with Gasteiger partial charge in [-0.2, -0.15) is 5.10 Å². The summed E-state index contributed by atoms with van der Waals surface area (Å²) < 4.78 is 1.43. The van der Waals surface area contributed by atoms with Crippen LogP contribution in [0.2, 0.25) is 0 Å². The lowest BCUT2D eigenvalue weighted by Crippen LogP contribution is -2.28. The van der Waals surface area contributed by atoms with Gasteiger partial charge in [0.25, 0.3) is 11.8 Å². The van der Waals surface area contributed by atoms with Crippen molar-refractivity contribution in [3.63, 3.8) is 0 Å². The van der Waals surface area contributed by atoms with Gasteiger partial charge in [0.2, 0.25) is 0 Å². The summed E-state index contributed by atoms with van der Waals surface area (Å²) in [6.45, 7) is 3.82. The smallest absolute Gasteiger partial charge is 0.272 e. The third-order valence-electron chi connectivity index (χ3n) is 4.64. The van der Waals surface area contributed by atoms with Crippen molar-refractivity contribution < 1.29 is 9.59 Å². The third kappa shape index (κ3) is 4.46. The number of benzene rings is 2. The molecule has 0 saturated carbocycles. The second kappa shape index (κ2) is 8.52. The van der Waals surface area contributed by atoms with Crippen LogP contribution in [0.5, 0.6) is 0 Å². The third-order valence-corrected chi connectivity index (χ3v) is 4.64. The number of carbonyl (C=O) groups excluding carboxylic acids is 2. The monoisotopic (exact) mass is 376 g/mol. The minimum Gasteiger partial charge on any atom is -0.344 e. The van der Waals surface area contributed by atoms with E-state index in [1.54, 1.807) is 7.05 Å². The van der Waals surface area contributed by atoms with Crippen LogP contribution < -0.4 is 10.6 Å². The highest BCUT2D eigenvalue weighted by atomic mass is 16.2. The first-order chi connectivity index (χ1) is 13.5. The van der Waals surface area contributed by atoms with Gasteiger partial charge in [-0.25, -0.2) is 0 Å². The maximum absolute atomic E-state index is 12.6. The number of nitrogens with zero attached hydrogens (tertiary/aromatic N) is 2. The van der Waals surface area contributed by atoms with Gasteiger partial charge in [-0.3, -0.25) is 14.3 Å². The van der Waals surface area contributed by atoms with E-state index in [1.165, 1.54) is 10.7 Å². The summed E-state index contributed by atoms with van der Waals surface area (Å²) in [5.74, 6) is -0.594. The number of hydrogen-bond donors (Lipinski definition) is 2. The Kier molecular flexibility index (Phi) is 5.89. The zero-order chi connectivity index (χ0) is 20.1. The zero-order valence-corrected chi connectivity index (χ0v) is 16.2. The summed E-state index contributed by atoms with van der Waals surface area (Å²) in [4.78, 5) is 25.2. The fourth-order valence-electron chi connectivity index (χ4n) is 2.98. The van der Waals surface area contributed by atoms with E-state index in [9.17, 15) is 9.59 Å². The van der Waals surface area contributed by atoms with Crippen LogP contribution in [0.15, 0.2) is 66.7 Å². The molecule has 0 saturated heterocycles. The van der Waals surface area contributed by atoms with Crippen molar-refractivity contribution in [2.75, 3.05) is 0 Å². The van der Waals surface area contributed by atoms with Crippen LogP contribution in [0.1, 0.15) is 58.0 Å². The zero-order valence-electron chi connectivity index (χ0n) is 16.2. The van der Waals surface area contributed by atoms with Crippen LogP contribution in [0.3, 0.4) is 0 Å². The first kappa shape index (κ1) is 19.4. The number of amides is 2. The van der Waals surface area contributed by atoms with Crippen molar-refractivity contribution in [3.8, 4) is 0 Å². The summed E-state index contributed by atoms with van der Waals surface area (Å²) in [6.07, 6.45) is 0. The van der Waals surface area contributed by atoms with Crippen LogP contribution in [-0.4, -0.2) is 21.6 Å². The van der Waals surface area contributed by atoms with Gasteiger partial charge in [0.1, 0.15) is 5.69 Å². The molecule has 2 N–H and O–H groups in total. The van der Waals surface area contributed by atoms with Gasteiger partial charge in [0.15, 0.2) is 5.69 Å². The lowest BCUT2D eigenvalue weighted by molar-refractivity contribution is 0.0924. The predicted molar refractivity (Wildman–Crippen MR) is 108 cm³/mol. The molecule has 1 aromatic heterocycles. The van der Waals surface area contributed by atoms with E-state index in [-0.39, 0.29) is 29.6 Å². The molecule has 2 aromatic carbocycles. The molecule has 0 fully saturated rings. The Bertz CT molecular complexity index is 951. The molecule has 2 atom stereocenters. The molecule has 0 unspecified atom stereocenters. The molecule has 3 aromatic rings. The topological polar surface area (TPSA) is 76.0 Å². The highest BCUT2D eigenvalue weighted by Crippen LogP contribution is 2.14. The second-order valence-corrected chi connectivity index (χ2v) is 6.75. The molecule has 144 valence electrons. The van der Waals surface area contributed by atoms with Gasteiger partial charge in [-0.1, -0.05) is 60.7 Å². The lowest BCUT2D eigenvalue weighted by Gasteiger charge is -2.14. The number of hydrogen-bond acceptors (Lipinski definition) is 3. The summed E-state index contributed by atoms with van der Waals surface area (Å²) in [5.41, 5.74) is 2.55. The van der Waals surface area contributed by atoms with Gasteiger partial charge in [0.05, 0.1) is 12.1 Å². The van der Waals surface area contributed by atoms with E-state index < -0.39 is 0 Å². The molecule has 6 heteroatoms.